The second-order valence-electron chi connectivity index (χ2n) is 4.31. The molecule has 0 aromatic heterocycles. The molecular weight excluding hydrogens is 172 g/mol. The van der Waals surface area contributed by atoms with Gasteiger partial charge in [-0.2, -0.15) is 0 Å². The minimum absolute atomic E-state index is 0.0718. The van der Waals surface area contributed by atoms with Crippen molar-refractivity contribution in [2.45, 2.75) is 44.1 Å². The van der Waals surface area contributed by atoms with Crippen LogP contribution in [0.25, 0.3) is 0 Å². The van der Waals surface area contributed by atoms with Crippen LogP contribution in [0.2, 0.25) is 0 Å². The molecule has 0 N–H and O–H groups in total. The van der Waals surface area contributed by atoms with Gasteiger partial charge in [0.1, 0.15) is 24.4 Å². The van der Waals surface area contributed by atoms with Crippen molar-refractivity contribution in [3.8, 4) is 0 Å². The highest BCUT2D eigenvalue weighted by molar-refractivity contribution is 4.98. The maximum absolute atomic E-state index is 5.76. The van der Waals surface area contributed by atoms with Gasteiger partial charge >= 0.3 is 0 Å². The second kappa shape index (κ2) is 2.45. The second-order valence-corrected chi connectivity index (χ2v) is 4.31. The van der Waals surface area contributed by atoms with Gasteiger partial charge in [0.05, 0.1) is 13.2 Å². The van der Waals surface area contributed by atoms with Gasteiger partial charge in [0.2, 0.25) is 0 Å². The first kappa shape index (κ1) is 8.17. The van der Waals surface area contributed by atoms with Crippen molar-refractivity contribution < 1.29 is 18.9 Å². The molecule has 4 heteroatoms. The van der Waals surface area contributed by atoms with Crippen molar-refractivity contribution in [1.82, 2.24) is 0 Å². The first-order chi connectivity index (χ1) is 6.16. The highest BCUT2D eigenvalue weighted by Gasteiger charge is 2.55. The van der Waals surface area contributed by atoms with E-state index in [9.17, 15) is 0 Å². The first-order valence-electron chi connectivity index (χ1n) is 4.74. The summed E-state index contributed by atoms with van der Waals surface area (Å²) in [6.07, 6.45) is 0.506. The summed E-state index contributed by atoms with van der Waals surface area (Å²) in [4.78, 5) is 0. The predicted octanol–water partition coefficient (Wildman–Crippen LogP) is 0.304. The van der Waals surface area contributed by atoms with Crippen LogP contribution in [0.5, 0.6) is 0 Å². The number of hydrogen-bond donors (Lipinski definition) is 0. The topological polar surface area (TPSA) is 40.2 Å². The summed E-state index contributed by atoms with van der Waals surface area (Å²) in [6, 6.07) is 0. The zero-order valence-corrected chi connectivity index (χ0v) is 7.86. The fourth-order valence-electron chi connectivity index (χ4n) is 2.14. The third kappa shape index (κ3) is 1.29. The number of fused-ring (bicyclic) bond motifs is 1. The minimum Gasteiger partial charge on any atom is -0.370 e. The van der Waals surface area contributed by atoms with Gasteiger partial charge in [-0.3, -0.25) is 0 Å². The van der Waals surface area contributed by atoms with E-state index in [0.29, 0.717) is 6.61 Å². The molecule has 0 aliphatic carbocycles. The number of ether oxygens (including phenoxy) is 4. The molecule has 0 unspecified atom stereocenters. The molecule has 0 aromatic rings. The van der Waals surface area contributed by atoms with Gasteiger partial charge in [-0.1, -0.05) is 0 Å². The van der Waals surface area contributed by atoms with Crippen LogP contribution in [0.4, 0.5) is 0 Å². The molecule has 0 aromatic carbocycles. The monoisotopic (exact) mass is 186 g/mol. The van der Waals surface area contributed by atoms with E-state index in [4.69, 9.17) is 18.9 Å². The van der Waals surface area contributed by atoms with Gasteiger partial charge in [0.15, 0.2) is 5.79 Å². The molecule has 4 atom stereocenters. The molecule has 3 fully saturated rings. The molecule has 3 saturated heterocycles. The molecule has 74 valence electrons. The van der Waals surface area contributed by atoms with E-state index in [1.165, 1.54) is 0 Å². The van der Waals surface area contributed by atoms with E-state index in [0.717, 1.165) is 6.61 Å². The van der Waals surface area contributed by atoms with Crippen molar-refractivity contribution in [2.75, 3.05) is 13.2 Å². The van der Waals surface area contributed by atoms with Crippen LogP contribution in [0.15, 0.2) is 0 Å². The molecule has 13 heavy (non-hydrogen) atoms. The summed E-state index contributed by atoms with van der Waals surface area (Å²) in [6.45, 7) is 5.32. The summed E-state index contributed by atoms with van der Waals surface area (Å²) in [5, 5.41) is 0. The summed E-state index contributed by atoms with van der Waals surface area (Å²) < 4.78 is 22.2. The minimum atomic E-state index is -0.452. The van der Waals surface area contributed by atoms with Crippen LogP contribution in [0.1, 0.15) is 13.8 Å². The Hall–Kier alpha value is -0.160. The van der Waals surface area contributed by atoms with Crippen LogP contribution in [0, 0.1) is 0 Å². The summed E-state index contributed by atoms with van der Waals surface area (Å²) in [5.41, 5.74) is 0. The largest absolute Gasteiger partial charge is 0.370 e. The lowest BCUT2D eigenvalue weighted by molar-refractivity contribution is -0.176. The molecular formula is C9H14O4. The Morgan fingerprint density at radius 1 is 0.923 bits per heavy atom. The maximum atomic E-state index is 5.76. The normalized spacial score (nSPS) is 52.2. The first-order valence-corrected chi connectivity index (χ1v) is 4.74. The molecule has 3 rings (SSSR count). The molecule has 0 spiro atoms. The lowest BCUT2D eigenvalue weighted by Gasteiger charge is -2.20. The van der Waals surface area contributed by atoms with Crippen molar-refractivity contribution in [3.05, 3.63) is 0 Å². The van der Waals surface area contributed by atoms with Crippen LogP contribution < -0.4 is 0 Å². The average Bonchev–Trinajstić information content (AvgIpc) is 2.72. The van der Waals surface area contributed by atoms with Crippen molar-refractivity contribution in [3.63, 3.8) is 0 Å². The maximum Gasteiger partial charge on any atom is 0.164 e. The Morgan fingerprint density at radius 3 is 2.38 bits per heavy atom. The third-order valence-electron chi connectivity index (χ3n) is 2.72. The third-order valence-corrected chi connectivity index (χ3v) is 2.72. The van der Waals surface area contributed by atoms with E-state index in [1.54, 1.807) is 0 Å². The lowest BCUT2D eigenvalue weighted by atomic mass is 10.1. The van der Waals surface area contributed by atoms with E-state index in [2.05, 4.69) is 0 Å². The van der Waals surface area contributed by atoms with Gasteiger partial charge in [-0.05, 0) is 13.8 Å². The van der Waals surface area contributed by atoms with Crippen molar-refractivity contribution in [1.29, 1.82) is 0 Å². The van der Waals surface area contributed by atoms with Crippen LogP contribution in [-0.2, 0) is 18.9 Å². The van der Waals surface area contributed by atoms with Crippen molar-refractivity contribution >= 4 is 0 Å². The van der Waals surface area contributed by atoms with Crippen molar-refractivity contribution in [2.24, 2.45) is 0 Å². The smallest absolute Gasteiger partial charge is 0.164 e. The number of rotatable bonds is 1. The summed E-state index contributed by atoms with van der Waals surface area (Å²) >= 11 is 0. The zero-order valence-electron chi connectivity index (χ0n) is 7.86. The fourth-order valence-corrected chi connectivity index (χ4v) is 2.14. The Bertz CT molecular complexity index is 224. The van der Waals surface area contributed by atoms with E-state index in [-0.39, 0.29) is 24.4 Å². The van der Waals surface area contributed by atoms with Gasteiger partial charge < -0.3 is 18.9 Å². The highest BCUT2D eigenvalue weighted by Crippen LogP contribution is 2.38. The average molecular weight is 186 g/mol. The van der Waals surface area contributed by atoms with Gasteiger partial charge in [0.25, 0.3) is 0 Å². The SMILES string of the molecule is CC1(C)O[C@@H]2[C@@H]([C@@H]3CO3)OC[C@@H]2O1. The highest BCUT2D eigenvalue weighted by atomic mass is 16.8. The Labute approximate surface area is 77.1 Å². The van der Waals surface area contributed by atoms with Gasteiger partial charge in [0, 0.05) is 0 Å². The summed E-state index contributed by atoms with van der Waals surface area (Å²) in [7, 11) is 0. The Balaban J connectivity index is 1.76. The van der Waals surface area contributed by atoms with E-state index in [1.807, 2.05) is 13.8 Å². The fraction of sp³-hybridized carbons (Fsp3) is 1.00. The van der Waals surface area contributed by atoms with Crippen LogP contribution in [-0.4, -0.2) is 43.4 Å². The van der Waals surface area contributed by atoms with E-state index < -0.39 is 5.79 Å². The predicted molar refractivity (Wildman–Crippen MR) is 43.3 cm³/mol. The van der Waals surface area contributed by atoms with Crippen LogP contribution >= 0.6 is 0 Å². The molecule has 3 aliphatic rings. The lowest BCUT2D eigenvalue weighted by Crippen LogP contribution is -2.33. The molecule has 3 heterocycles. The Morgan fingerprint density at radius 2 is 1.69 bits per heavy atom. The molecule has 3 aliphatic heterocycles. The van der Waals surface area contributed by atoms with Crippen LogP contribution in [0.3, 0.4) is 0 Å². The number of epoxide rings is 1. The Kier molecular flexibility index (Phi) is 1.54. The number of hydrogen-bond acceptors (Lipinski definition) is 4. The van der Waals surface area contributed by atoms with Gasteiger partial charge in [-0.25, -0.2) is 0 Å². The summed E-state index contributed by atoms with van der Waals surface area (Å²) in [5.74, 6) is -0.452. The molecule has 4 nitrogen and oxygen atoms in total. The standard InChI is InChI=1S/C9H14O4/c1-9(2)12-6-4-11-7(5-3-10-5)8(6)13-9/h5-8H,3-4H2,1-2H3/t5-,6-,7+,8-/m0/s1. The van der Waals surface area contributed by atoms with E-state index >= 15 is 0 Å². The molecule has 0 amide bonds. The zero-order chi connectivity index (χ0) is 9.05. The molecule has 0 bridgehead atoms. The molecule has 0 saturated carbocycles. The molecule has 0 radical (unpaired) electrons. The van der Waals surface area contributed by atoms with Gasteiger partial charge in [-0.15, -0.1) is 0 Å². The quantitative estimate of drug-likeness (QED) is 0.552.